The van der Waals surface area contributed by atoms with Crippen molar-refractivity contribution in [2.75, 3.05) is 25.4 Å². The predicted octanol–water partition coefficient (Wildman–Crippen LogP) is 0.661. The summed E-state index contributed by atoms with van der Waals surface area (Å²) in [5, 5.41) is 8.69. The van der Waals surface area contributed by atoms with Crippen LogP contribution in [0.15, 0.2) is 18.3 Å². The van der Waals surface area contributed by atoms with Gasteiger partial charge in [-0.25, -0.2) is 4.98 Å². The van der Waals surface area contributed by atoms with Crippen molar-refractivity contribution in [3.05, 3.63) is 23.9 Å². The average Bonchev–Trinajstić information content (AvgIpc) is 2.26. The molecule has 0 aliphatic rings. The van der Waals surface area contributed by atoms with Gasteiger partial charge in [-0.05, 0) is 12.1 Å². The van der Waals surface area contributed by atoms with Crippen molar-refractivity contribution in [1.29, 1.82) is 0 Å². The van der Waals surface area contributed by atoms with Crippen molar-refractivity contribution in [3.8, 4) is 0 Å². The molecule has 0 aliphatic carbocycles. The number of hydrogen-bond acceptors (Lipinski definition) is 4. The number of anilines is 1. The molecule has 0 unspecified atom stereocenters. The number of pyridine rings is 1. The van der Waals surface area contributed by atoms with Gasteiger partial charge in [-0.1, -0.05) is 0 Å². The zero-order valence-electron chi connectivity index (χ0n) is 9.31. The van der Waals surface area contributed by atoms with Crippen LogP contribution in [0, 0.1) is 0 Å². The van der Waals surface area contributed by atoms with E-state index < -0.39 is 31.8 Å². The molecule has 3 N–H and O–H groups in total. The van der Waals surface area contributed by atoms with E-state index in [-0.39, 0.29) is 11.4 Å². The molecule has 0 aliphatic heterocycles. The van der Waals surface area contributed by atoms with Gasteiger partial charge in [-0.3, -0.25) is 4.79 Å². The van der Waals surface area contributed by atoms with Crippen molar-refractivity contribution in [2.24, 2.45) is 0 Å². The summed E-state index contributed by atoms with van der Waals surface area (Å²) < 4.78 is 36.8. The second-order valence-electron chi connectivity index (χ2n) is 3.53. The van der Waals surface area contributed by atoms with Crippen LogP contribution >= 0.6 is 0 Å². The molecular formula is C10H12F3N3O2. The normalized spacial score (nSPS) is 11.3. The highest BCUT2D eigenvalue weighted by atomic mass is 19.4. The second-order valence-corrected chi connectivity index (χ2v) is 3.53. The lowest BCUT2D eigenvalue weighted by molar-refractivity contribution is -0.141. The monoisotopic (exact) mass is 263 g/mol. The van der Waals surface area contributed by atoms with Gasteiger partial charge in [0.25, 0.3) is 5.91 Å². The number of carbonyl (C=O) groups is 1. The minimum absolute atomic E-state index is 0.000185. The molecule has 1 amide bonds. The van der Waals surface area contributed by atoms with E-state index in [9.17, 15) is 18.0 Å². The minimum atomic E-state index is -4.52. The summed E-state index contributed by atoms with van der Waals surface area (Å²) in [6.45, 7) is -2.38. The third-order valence-electron chi connectivity index (χ3n) is 2.06. The molecule has 1 rings (SSSR count). The van der Waals surface area contributed by atoms with Gasteiger partial charge < -0.3 is 15.7 Å². The molecule has 8 heteroatoms. The lowest BCUT2D eigenvalue weighted by Crippen LogP contribution is -2.40. The molecule has 1 aromatic rings. The number of nitrogens with two attached hydrogens (primary N) is 1. The van der Waals surface area contributed by atoms with E-state index in [1.807, 2.05) is 0 Å². The fourth-order valence-corrected chi connectivity index (χ4v) is 1.35. The Morgan fingerprint density at radius 1 is 1.50 bits per heavy atom. The lowest BCUT2D eigenvalue weighted by atomic mass is 10.2. The molecule has 0 bridgehead atoms. The number of hydrogen-bond donors (Lipinski definition) is 2. The van der Waals surface area contributed by atoms with Crippen LogP contribution in [0.5, 0.6) is 0 Å². The number of halogens is 3. The fourth-order valence-electron chi connectivity index (χ4n) is 1.35. The lowest BCUT2D eigenvalue weighted by Gasteiger charge is -2.23. The van der Waals surface area contributed by atoms with Crippen LogP contribution in [0.1, 0.15) is 10.4 Å². The van der Waals surface area contributed by atoms with Gasteiger partial charge in [0.15, 0.2) is 0 Å². The highest BCUT2D eigenvalue weighted by Crippen LogP contribution is 2.18. The van der Waals surface area contributed by atoms with Crippen molar-refractivity contribution >= 4 is 11.7 Å². The van der Waals surface area contributed by atoms with E-state index in [2.05, 4.69) is 4.98 Å². The first-order valence-corrected chi connectivity index (χ1v) is 5.02. The van der Waals surface area contributed by atoms with Gasteiger partial charge in [0.2, 0.25) is 0 Å². The Kier molecular flexibility index (Phi) is 4.49. The molecule has 5 nitrogen and oxygen atoms in total. The highest BCUT2D eigenvalue weighted by molar-refractivity contribution is 5.94. The molecule has 0 radical (unpaired) electrons. The standard InChI is InChI=1S/C10H12F3N3O2/c11-10(12,13)6-16(3-4-17)9(18)7-1-2-15-8(14)5-7/h1-2,5,17H,3-4,6H2,(H2,14,15). The summed E-state index contributed by atoms with van der Waals surface area (Å²) >= 11 is 0. The second kappa shape index (κ2) is 5.67. The fraction of sp³-hybridized carbons (Fsp3) is 0.400. The number of aliphatic hydroxyl groups excluding tert-OH is 1. The Bertz CT molecular complexity index is 423. The molecule has 0 spiro atoms. The maximum absolute atomic E-state index is 12.3. The molecule has 1 aromatic heterocycles. The Hall–Kier alpha value is -1.83. The molecule has 18 heavy (non-hydrogen) atoms. The molecule has 0 saturated carbocycles. The van der Waals surface area contributed by atoms with Gasteiger partial charge >= 0.3 is 6.18 Å². The first-order chi connectivity index (χ1) is 8.33. The number of nitrogens with zero attached hydrogens (tertiary/aromatic N) is 2. The average molecular weight is 263 g/mol. The van der Waals surface area contributed by atoms with Gasteiger partial charge in [-0.2, -0.15) is 13.2 Å². The first-order valence-electron chi connectivity index (χ1n) is 5.02. The largest absolute Gasteiger partial charge is 0.406 e. The summed E-state index contributed by atoms with van der Waals surface area (Å²) in [7, 11) is 0. The molecule has 0 atom stereocenters. The van der Waals surface area contributed by atoms with Crippen molar-refractivity contribution in [3.63, 3.8) is 0 Å². The summed E-state index contributed by atoms with van der Waals surface area (Å²) in [5.41, 5.74) is 5.34. The van der Waals surface area contributed by atoms with Crippen LogP contribution in [0.25, 0.3) is 0 Å². The maximum atomic E-state index is 12.3. The number of carbonyl (C=O) groups excluding carboxylic acids is 1. The molecule has 0 aromatic carbocycles. The zero-order valence-corrected chi connectivity index (χ0v) is 9.31. The Labute approximate surface area is 101 Å². The Morgan fingerprint density at radius 2 is 2.17 bits per heavy atom. The number of alkyl halides is 3. The molecule has 100 valence electrons. The van der Waals surface area contributed by atoms with E-state index in [4.69, 9.17) is 10.8 Å². The van der Waals surface area contributed by atoms with Crippen LogP contribution in [0.4, 0.5) is 19.0 Å². The molecule has 0 saturated heterocycles. The number of nitrogen functional groups attached to an aromatic ring is 1. The van der Waals surface area contributed by atoms with E-state index in [1.165, 1.54) is 18.3 Å². The third-order valence-corrected chi connectivity index (χ3v) is 2.06. The highest BCUT2D eigenvalue weighted by Gasteiger charge is 2.33. The summed E-state index contributed by atoms with van der Waals surface area (Å²) in [6, 6.07) is 2.45. The van der Waals surface area contributed by atoms with Crippen LogP contribution in [-0.2, 0) is 0 Å². The zero-order chi connectivity index (χ0) is 13.8. The predicted molar refractivity (Wildman–Crippen MR) is 57.7 cm³/mol. The number of aliphatic hydroxyl groups is 1. The quantitative estimate of drug-likeness (QED) is 0.836. The SMILES string of the molecule is Nc1cc(C(=O)N(CCO)CC(F)(F)F)ccn1. The Balaban J connectivity index is 2.89. The van der Waals surface area contributed by atoms with E-state index in [0.717, 1.165) is 0 Å². The van der Waals surface area contributed by atoms with Gasteiger partial charge in [0, 0.05) is 18.3 Å². The van der Waals surface area contributed by atoms with Crippen molar-refractivity contribution in [1.82, 2.24) is 9.88 Å². The summed E-state index contributed by atoms with van der Waals surface area (Å²) in [5.74, 6) is -0.813. The Morgan fingerprint density at radius 3 is 2.67 bits per heavy atom. The summed E-state index contributed by atoms with van der Waals surface area (Å²) in [6.07, 6.45) is -3.29. The van der Waals surface area contributed by atoms with E-state index in [1.54, 1.807) is 0 Å². The molecular weight excluding hydrogens is 251 g/mol. The van der Waals surface area contributed by atoms with Crippen LogP contribution in [0.3, 0.4) is 0 Å². The van der Waals surface area contributed by atoms with Crippen molar-refractivity contribution < 1.29 is 23.1 Å². The molecule has 1 heterocycles. The minimum Gasteiger partial charge on any atom is -0.395 e. The topological polar surface area (TPSA) is 79.5 Å². The first kappa shape index (κ1) is 14.2. The number of aromatic nitrogens is 1. The van der Waals surface area contributed by atoms with Gasteiger partial charge in [0.1, 0.15) is 12.4 Å². The van der Waals surface area contributed by atoms with E-state index in [0.29, 0.717) is 4.90 Å². The van der Waals surface area contributed by atoms with Crippen molar-refractivity contribution in [2.45, 2.75) is 6.18 Å². The maximum Gasteiger partial charge on any atom is 0.406 e. The van der Waals surface area contributed by atoms with Crippen LogP contribution in [0.2, 0.25) is 0 Å². The van der Waals surface area contributed by atoms with Crippen LogP contribution in [-0.4, -0.2) is 46.8 Å². The third kappa shape index (κ3) is 4.21. The van der Waals surface area contributed by atoms with E-state index >= 15 is 0 Å². The smallest absolute Gasteiger partial charge is 0.395 e. The number of rotatable bonds is 4. The van der Waals surface area contributed by atoms with Crippen LogP contribution < -0.4 is 5.73 Å². The van der Waals surface area contributed by atoms with Gasteiger partial charge in [0.05, 0.1) is 6.61 Å². The summed E-state index contributed by atoms with van der Waals surface area (Å²) in [4.78, 5) is 15.9. The van der Waals surface area contributed by atoms with Gasteiger partial charge in [-0.15, -0.1) is 0 Å². The molecule has 0 fully saturated rings. The number of amides is 1.